The van der Waals surface area contributed by atoms with Gasteiger partial charge in [-0.1, -0.05) is 12.1 Å². The van der Waals surface area contributed by atoms with Gasteiger partial charge in [0, 0.05) is 11.9 Å². The second-order valence-corrected chi connectivity index (χ2v) is 5.02. The van der Waals surface area contributed by atoms with E-state index in [1.54, 1.807) is 12.1 Å². The maximum absolute atomic E-state index is 11.9. The first kappa shape index (κ1) is 13.5. The first-order chi connectivity index (χ1) is 9.00. The highest BCUT2D eigenvalue weighted by atomic mass is 127. The Labute approximate surface area is 122 Å². The van der Waals surface area contributed by atoms with Gasteiger partial charge >= 0.3 is 5.97 Å². The third-order valence-electron chi connectivity index (χ3n) is 2.60. The fraction of sp³-hybridized carbons (Fsp3) is 0.0833. The van der Waals surface area contributed by atoms with Gasteiger partial charge in [-0.15, -0.1) is 0 Å². The first-order valence-corrected chi connectivity index (χ1v) is 6.39. The number of hydrogen-bond acceptors (Lipinski definition) is 4. The van der Waals surface area contributed by atoms with Crippen molar-refractivity contribution in [3.8, 4) is 0 Å². The average molecular weight is 371 g/mol. The number of anilines is 1. The molecule has 0 aliphatic carbocycles. The van der Waals surface area contributed by atoms with Crippen LogP contribution in [0.1, 0.15) is 15.9 Å². The molecule has 0 spiro atoms. The van der Waals surface area contributed by atoms with Gasteiger partial charge in [0.05, 0.1) is 22.0 Å². The van der Waals surface area contributed by atoms with Gasteiger partial charge in [0.15, 0.2) is 0 Å². The molecule has 2 rings (SSSR count). The van der Waals surface area contributed by atoms with Crippen LogP contribution in [-0.4, -0.2) is 20.6 Å². The molecule has 1 heterocycles. The Morgan fingerprint density at radius 2 is 2.21 bits per heavy atom. The van der Waals surface area contributed by atoms with Crippen molar-refractivity contribution >= 4 is 34.2 Å². The van der Waals surface area contributed by atoms with E-state index >= 15 is 0 Å². The summed E-state index contributed by atoms with van der Waals surface area (Å²) >= 11 is 1.88. The van der Waals surface area contributed by atoms with Crippen LogP contribution in [0.25, 0.3) is 0 Å². The molecule has 0 saturated carbocycles. The van der Waals surface area contributed by atoms with Crippen molar-refractivity contribution in [3.63, 3.8) is 0 Å². The second kappa shape index (κ2) is 5.39. The van der Waals surface area contributed by atoms with Crippen molar-refractivity contribution < 1.29 is 9.90 Å². The van der Waals surface area contributed by atoms with Crippen LogP contribution >= 0.6 is 22.6 Å². The number of hydrogen-bond donors (Lipinski definition) is 2. The summed E-state index contributed by atoms with van der Waals surface area (Å²) in [5, 5.41) is 9.16. The highest BCUT2D eigenvalue weighted by Crippen LogP contribution is 2.17. The Bertz CT molecular complexity index is 697. The van der Waals surface area contributed by atoms with Gasteiger partial charge in [-0.3, -0.25) is 9.36 Å². The number of carboxylic acid groups (broad SMARTS) is 1. The number of carbonyl (C=O) groups is 1. The number of benzene rings is 1. The fourth-order valence-electron chi connectivity index (χ4n) is 1.73. The zero-order valence-electron chi connectivity index (χ0n) is 9.71. The van der Waals surface area contributed by atoms with Crippen molar-refractivity contribution in [1.29, 1.82) is 0 Å². The summed E-state index contributed by atoms with van der Waals surface area (Å²) in [5.41, 5.74) is 6.11. The maximum atomic E-state index is 11.9. The molecule has 6 nitrogen and oxygen atoms in total. The van der Waals surface area contributed by atoms with Gasteiger partial charge in [-0.05, 0) is 34.2 Å². The molecule has 0 saturated heterocycles. The number of aromatic carboxylic acids is 1. The van der Waals surface area contributed by atoms with E-state index in [1.165, 1.54) is 23.2 Å². The molecule has 1 aromatic carbocycles. The van der Waals surface area contributed by atoms with E-state index in [9.17, 15) is 9.59 Å². The lowest BCUT2D eigenvalue weighted by Gasteiger charge is -2.10. The van der Waals surface area contributed by atoms with Gasteiger partial charge in [0.2, 0.25) is 0 Å². The predicted octanol–water partition coefficient (Wildman–Crippen LogP) is 1.18. The normalized spacial score (nSPS) is 10.4. The zero-order valence-corrected chi connectivity index (χ0v) is 11.9. The van der Waals surface area contributed by atoms with Gasteiger partial charge < -0.3 is 10.8 Å². The summed E-state index contributed by atoms with van der Waals surface area (Å²) in [7, 11) is 0. The minimum atomic E-state index is -1.11. The molecule has 0 fully saturated rings. The number of halogens is 1. The molecule has 2 aromatic rings. The predicted molar refractivity (Wildman–Crippen MR) is 78.1 cm³/mol. The van der Waals surface area contributed by atoms with Gasteiger partial charge in [0.1, 0.15) is 0 Å². The number of nitrogen functional groups attached to an aromatic ring is 1. The quantitative estimate of drug-likeness (QED) is 0.624. The lowest BCUT2D eigenvalue weighted by Crippen LogP contribution is -2.24. The SMILES string of the molecule is Nc1cccc(Cn2cncc(I)c2=O)c1C(=O)O. The number of aromatic nitrogens is 2. The van der Waals surface area contributed by atoms with Crippen LogP contribution in [0.15, 0.2) is 35.5 Å². The number of carboxylic acids is 1. The Balaban J connectivity index is 2.50. The molecule has 19 heavy (non-hydrogen) atoms. The average Bonchev–Trinajstić information content (AvgIpc) is 2.34. The molecule has 0 unspecified atom stereocenters. The van der Waals surface area contributed by atoms with Crippen LogP contribution in [0.3, 0.4) is 0 Å². The number of nitrogens with zero attached hydrogens (tertiary/aromatic N) is 2. The molecule has 0 bridgehead atoms. The maximum Gasteiger partial charge on any atom is 0.338 e. The van der Waals surface area contributed by atoms with E-state index in [0.717, 1.165) is 0 Å². The summed E-state index contributed by atoms with van der Waals surface area (Å²) in [6, 6.07) is 4.80. The summed E-state index contributed by atoms with van der Waals surface area (Å²) in [4.78, 5) is 27.0. The Morgan fingerprint density at radius 3 is 2.89 bits per heavy atom. The van der Waals surface area contributed by atoms with Gasteiger partial charge in [0.25, 0.3) is 5.56 Å². The minimum absolute atomic E-state index is 0.0215. The number of nitrogens with two attached hydrogens (primary N) is 1. The van der Waals surface area contributed by atoms with E-state index in [4.69, 9.17) is 10.8 Å². The van der Waals surface area contributed by atoms with E-state index in [0.29, 0.717) is 9.13 Å². The van der Waals surface area contributed by atoms with Crippen LogP contribution in [0, 0.1) is 3.57 Å². The summed E-state index contributed by atoms with van der Waals surface area (Å²) in [5.74, 6) is -1.11. The molecule has 0 amide bonds. The van der Waals surface area contributed by atoms with E-state index in [-0.39, 0.29) is 23.4 Å². The smallest absolute Gasteiger partial charge is 0.338 e. The zero-order chi connectivity index (χ0) is 14.0. The third kappa shape index (κ3) is 2.75. The van der Waals surface area contributed by atoms with Crippen molar-refractivity contribution in [3.05, 3.63) is 55.8 Å². The van der Waals surface area contributed by atoms with E-state index in [1.807, 2.05) is 22.6 Å². The highest BCUT2D eigenvalue weighted by molar-refractivity contribution is 14.1. The first-order valence-electron chi connectivity index (χ1n) is 5.31. The molecule has 0 aliphatic rings. The fourth-order valence-corrected chi connectivity index (χ4v) is 2.20. The molecule has 98 valence electrons. The van der Waals surface area contributed by atoms with Crippen LogP contribution in [0.4, 0.5) is 5.69 Å². The third-order valence-corrected chi connectivity index (χ3v) is 3.34. The summed E-state index contributed by atoms with van der Waals surface area (Å²) < 4.78 is 1.82. The molecular weight excluding hydrogens is 361 g/mol. The standard InChI is InChI=1S/C12H10IN3O3/c13-8-4-15-6-16(11(8)17)5-7-2-1-3-9(14)10(7)12(18)19/h1-4,6H,5,14H2,(H,18,19). The monoisotopic (exact) mass is 371 g/mol. The van der Waals surface area contributed by atoms with Crippen molar-refractivity contribution in [1.82, 2.24) is 9.55 Å². The summed E-state index contributed by atoms with van der Waals surface area (Å²) in [6.07, 6.45) is 2.83. The van der Waals surface area contributed by atoms with Crippen molar-refractivity contribution in [2.75, 3.05) is 5.73 Å². The van der Waals surface area contributed by atoms with Gasteiger partial charge in [-0.2, -0.15) is 0 Å². The Kier molecular flexibility index (Phi) is 3.84. The number of rotatable bonds is 3. The Morgan fingerprint density at radius 1 is 1.47 bits per heavy atom. The van der Waals surface area contributed by atoms with Crippen LogP contribution < -0.4 is 11.3 Å². The molecule has 3 N–H and O–H groups in total. The topological polar surface area (TPSA) is 98.2 Å². The highest BCUT2D eigenvalue weighted by Gasteiger charge is 2.14. The minimum Gasteiger partial charge on any atom is -0.478 e. The summed E-state index contributed by atoms with van der Waals surface area (Å²) in [6.45, 7) is 0.120. The lowest BCUT2D eigenvalue weighted by molar-refractivity contribution is 0.0696. The molecule has 0 atom stereocenters. The van der Waals surface area contributed by atoms with E-state index < -0.39 is 5.97 Å². The van der Waals surface area contributed by atoms with Crippen LogP contribution in [0.2, 0.25) is 0 Å². The van der Waals surface area contributed by atoms with E-state index in [2.05, 4.69) is 4.98 Å². The largest absolute Gasteiger partial charge is 0.478 e. The second-order valence-electron chi connectivity index (χ2n) is 3.86. The van der Waals surface area contributed by atoms with Gasteiger partial charge in [-0.25, -0.2) is 9.78 Å². The van der Waals surface area contributed by atoms with Crippen molar-refractivity contribution in [2.24, 2.45) is 0 Å². The molecular formula is C12H10IN3O3. The molecule has 7 heteroatoms. The molecule has 0 aliphatic heterocycles. The van der Waals surface area contributed by atoms with Crippen LogP contribution in [0.5, 0.6) is 0 Å². The molecule has 0 radical (unpaired) electrons. The van der Waals surface area contributed by atoms with Crippen LogP contribution in [-0.2, 0) is 6.54 Å². The lowest BCUT2D eigenvalue weighted by atomic mass is 10.1. The Hall–Kier alpha value is -1.90. The van der Waals surface area contributed by atoms with Crippen molar-refractivity contribution in [2.45, 2.75) is 6.54 Å². The molecule has 1 aromatic heterocycles.